The van der Waals surface area contributed by atoms with Crippen LogP contribution in [0.2, 0.25) is 0 Å². The summed E-state index contributed by atoms with van der Waals surface area (Å²) in [5, 5.41) is 4.10. The number of allylic oxidation sites excluding steroid dienone is 1. The van der Waals surface area contributed by atoms with E-state index in [1.165, 1.54) is 17.1 Å². The Morgan fingerprint density at radius 1 is 1.11 bits per heavy atom. The molecule has 0 unspecified atom stereocenters. The van der Waals surface area contributed by atoms with Gasteiger partial charge in [0, 0.05) is 31.9 Å². The van der Waals surface area contributed by atoms with Crippen LogP contribution in [0.5, 0.6) is 11.6 Å². The average Bonchev–Trinajstić information content (AvgIpc) is 3.35. The van der Waals surface area contributed by atoms with E-state index in [0.717, 1.165) is 56.5 Å². The highest BCUT2D eigenvalue weighted by Crippen LogP contribution is 2.33. The van der Waals surface area contributed by atoms with E-state index in [-0.39, 0.29) is 13.2 Å². The van der Waals surface area contributed by atoms with Crippen molar-refractivity contribution in [3.8, 4) is 11.6 Å². The van der Waals surface area contributed by atoms with Crippen LogP contribution in [0.15, 0.2) is 30.1 Å². The molecule has 11 heteroatoms. The molecule has 0 amide bonds. The SMILES string of the molecule is O=Cc1cc(OCCN2CCOCC2)ncc1OCC1=C(c2ccnn2CCC(F)(F)F)CCCC1. The number of aldehydes is 1. The summed E-state index contributed by atoms with van der Waals surface area (Å²) in [5.74, 6) is 0.692. The number of hydrogen-bond donors (Lipinski definition) is 0. The first-order chi connectivity index (χ1) is 17.4. The fraction of sp³-hybridized carbons (Fsp3) is 0.560. The standard InChI is InChI=1S/C25H31F3N4O4/c26-25(27,28)6-8-32-22(5-7-30-32)21-4-2-1-3-19(21)18-36-23-16-29-24(15-20(23)17-33)35-14-11-31-9-12-34-13-10-31/h5,7,15-17H,1-4,6,8-14,18H2. The summed E-state index contributed by atoms with van der Waals surface area (Å²) >= 11 is 0. The van der Waals surface area contributed by atoms with Gasteiger partial charge < -0.3 is 14.2 Å². The number of halogens is 3. The lowest BCUT2D eigenvalue weighted by molar-refractivity contribution is -0.137. The Hall–Kier alpha value is -2.92. The number of aryl methyl sites for hydroxylation is 1. The summed E-state index contributed by atoms with van der Waals surface area (Å²) in [4.78, 5) is 18.2. The Bertz CT molecular complexity index is 1050. The van der Waals surface area contributed by atoms with E-state index in [9.17, 15) is 18.0 Å². The zero-order valence-corrected chi connectivity index (χ0v) is 20.1. The van der Waals surface area contributed by atoms with Gasteiger partial charge in [-0.2, -0.15) is 18.3 Å². The van der Waals surface area contributed by atoms with Crippen molar-refractivity contribution >= 4 is 11.9 Å². The zero-order chi connectivity index (χ0) is 25.4. The molecule has 4 rings (SSSR count). The molecular weight excluding hydrogens is 477 g/mol. The zero-order valence-electron chi connectivity index (χ0n) is 20.1. The maximum absolute atomic E-state index is 12.7. The summed E-state index contributed by atoms with van der Waals surface area (Å²) in [6, 6.07) is 3.31. The summed E-state index contributed by atoms with van der Waals surface area (Å²) in [6.07, 6.45) is 1.95. The molecule has 0 N–H and O–H groups in total. The number of carbonyl (C=O) groups is 1. The van der Waals surface area contributed by atoms with Crippen LogP contribution in [0, 0.1) is 0 Å². The number of nitrogens with zero attached hydrogens (tertiary/aromatic N) is 4. The van der Waals surface area contributed by atoms with Gasteiger partial charge in [-0.1, -0.05) is 0 Å². The van der Waals surface area contributed by atoms with Crippen LogP contribution in [0.3, 0.4) is 0 Å². The maximum atomic E-state index is 12.7. The Kier molecular flexibility index (Phi) is 8.98. The van der Waals surface area contributed by atoms with Crippen molar-refractivity contribution in [2.45, 2.75) is 44.8 Å². The van der Waals surface area contributed by atoms with E-state index >= 15 is 0 Å². The number of aromatic nitrogens is 3. The molecule has 0 aromatic carbocycles. The lowest BCUT2D eigenvalue weighted by Gasteiger charge is -2.26. The van der Waals surface area contributed by atoms with Crippen LogP contribution >= 0.6 is 0 Å². The Labute approximate surface area is 208 Å². The van der Waals surface area contributed by atoms with E-state index in [1.54, 1.807) is 12.1 Å². The molecule has 0 spiro atoms. The molecule has 1 saturated heterocycles. The van der Waals surface area contributed by atoms with Gasteiger partial charge in [-0.05, 0) is 42.9 Å². The van der Waals surface area contributed by atoms with Crippen LogP contribution in [-0.4, -0.2) is 78.2 Å². The number of carbonyl (C=O) groups excluding carboxylic acids is 1. The van der Waals surface area contributed by atoms with Crippen LogP contribution in [-0.2, 0) is 11.3 Å². The first-order valence-electron chi connectivity index (χ1n) is 12.2. The molecule has 8 nitrogen and oxygen atoms in total. The van der Waals surface area contributed by atoms with Crippen molar-refractivity contribution in [1.29, 1.82) is 0 Å². The highest BCUT2D eigenvalue weighted by molar-refractivity contribution is 5.79. The van der Waals surface area contributed by atoms with Gasteiger partial charge in [-0.15, -0.1) is 0 Å². The predicted octanol–water partition coefficient (Wildman–Crippen LogP) is 4.16. The van der Waals surface area contributed by atoms with Crippen molar-refractivity contribution < 1.29 is 32.2 Å². The maximum Gasteiger partial charge on any atom is 0.390 e. The van der Waals surface area contributed by atoms with Gasteiger partial charge in [0.15, 0.2) is 6.29 Å². The van der Waals surface area contributed by atoms with E-state index in [2.05, 4.69) is 15.0 Å². The molecule has 2 aliphatic rings. The van der Waals surface area contributed by atoms with Gasteiger partial charge in [0.25, 0.3) is 0 Å². The monoisotopic (exact) mass is 508 g/mol. The fourth-order valence-corrected chi connectivity index (χ4v) is 4.43. The molecule has 196 valence electrons. The molecule has 3 heterocycles. The largest absolute Gasteiger partial charge is 0.487 e. The number of pyridine rings is 1. The molecule has 0 bridgehead atoms. The first-order valence-corrected chi connectivity index (χ1v) is 12.2. The third-order valence-corrected chi connectivity index (χ3v) is 6.38. The van der Waals surface area contributed by atoms with Crippen molar-refractivity contribution in [3.05, 3.63) is 41.4 Å². The van der Waals surface area contributed by atoms with Crippen LogP contribution in [0.4, 0.5) is 13.2 Å². The molecule has 2 aromatic heterocycles. The quantitative estimate of drug-likeness (QED) is 0.422. The normalized spacial score (nSPS) is 17.3. The van der Waals surface area contributed by atoms with Crippen molar-refractivity contribution in [2.24, 2.45) is 0 Å². The number of hydrogen-bond acceptors (Lipinski definition) is 7. The Morgan fingerprint density at radius 3 is 2.69 bits per heavy atom. The number of rotatable bonds is 11. The molecule has 1 aliphatic heterocycles. The fourth-order valence-electron chi connectivity index (χ4n) is 4.43. The average molecular weight is 509 g/mol. The lowest BCUT2D eigenvalue weighted by Crippen LogP contribution is -2.38. The van der Waals surface area contributed by atoms with Crippen LogP contribution < -0.4 is 9.47 Å². The van der Waals surface area contributed by atoms with Gasteiger partial charge >= 0.3 is 6.18 Å². The summed E-state index contributed by atoms with van der Waals surface area (Å²) in [7, 11) is 0. The number of alkyl halides is 3. The van der Waals surface area contributed by atoms with Gasteiger partial charge in [-0.3, -0.25) is 14.4 Å². The molecule has 36 heavy (non-hydrogen) atoms. The minimum Gasteiger partial charge on any atom is -0.487 e. The van der Waals surface area contributed by atoms with E-state index < -0.39 is 12.6 Å². The molecule has 0 radical (unpaired) electrons. The highest BCUT2D eigenvalue weighted by Gasteiger charge is 2.28. The second-order valence-corrected chi connectivity index (χ2v) is 8.86. The van der Waals surface area contributed by atoms with Gasteiger partial charge in [-0.25, -0.2) is 4.98 Å². The third-order valence-electron chi connectivity index (χ3n) is 6.38. The second-order valence-electron chi connectivity index (χ2n) is 8.86. The summed E-state index contributed by atoms with van der Waals surface area (Å²) in [6.45, 7) is 4.35. The predicted molar refractivity (Wildman–Crippen MR) is 126 cm³/mol. The van der Waals surface area contributed by atoms with E-state index in [1.807, 2.05) is 0 Å². The highest BCUT2D eigenvalue weighted by atomic mass is 19.4. The molecule has 1 fully saturated rings. The van der Waals surface area contributed by atoms with E-state index in [0.29, 0.717) is 49.0 Å². The van der Waals surface area contributed by atoms with Gasteiger partial charge in [0.2, 0.25) is 5.88 Å². The number of ether oxygens (including phenoxy) is 3. The van der Waals surface area contributed by atoms with E-state index in [4.69, 9.17) is 14.2 Å². The lowest BCUT2D eigenvalue weighted by atomic mass is 9.90. The van der Waals surface area contributed by atoms with Crippen molar-refractivity contribution in [3.63, 3.8) is 0 Å². The van der Waals surface area contributed by atoms with Crippen molar-refractivity contribution in [1.82, 2.24) is 19.7 Å². The molecule has 0 saturated carbocycles. The van der Waals surface area contributed by atoms with Gasteiger partial charge in [0.1, 0.15) is 19.0 Å². The molecular formula is C25H31F3N4O4. The molecule has 0 atom stereocenters. The van der Waals surface area contributed by atoms with Crippen molar-refractivity contribution in [2.75, 3.05) is 46.1 Å². The van der Waals surface area contributed by atoms with Crippen LogP contribution in [0.1, 0.15) is 48.2 Å². The first kappa shape index (κ1) is 26.2. The Morgan fingerprint density at radius 2 is 1.92 bits per heavy atom. The minimum absolute atomic E-state index is 0.222. The van der Waals surface area contributed by atoms with Gasteiger partial charge in [0.05, 0.1) is 43.6 Å². The second kappa shape index (κ2) is 12.4. The molecule has 1 aliphatic carbocycles. The minimum atomic E-state index is -4.24. The topological polar surface area (TPSA) is 78.7 Å². The van der Waals surface area contributed by atoms with Crippen LogP contribution in [0.25, 0.3) is 5.57 Å². The summed E-state index contributed by atoms with van der Waals surface area (Å²) < 4.78 is 56.6. The smallest absolute Gasteiger partial charge is 0.390 e. The molecule has 2 aromatic rings. The number of morpholine rings is 1. The summed E-state index contributed by atoms with van der Waals surface area (Å²) in [5.41, 5.74) is 2.98. The Balaban J connectivity index is 1.40. The third kappa shape index (κ3) is 7.30.